The van der Waals surface area contributed by atoms with Crippen LogP contribution in [0.5, 0.6) is 0 Å². The lowest BCUT2D eigenvalue weighted by molar-refractivity contribution is 0.588. The van der Waals surface area contributed by atoms with Crippen LogP contribution in [0.3, 0.4) is 0 Å². The number of hydrogen-bond acceptors (Lipinski definition) is 3. The van der Waals surface area contributed by atoms with E-state index in [0.29, 0.717) is 0 Å². The van der Waals surface area contributed by atoms with E-state index in [4.69, 9.17) is 0 Å². The third-order valence-corrected chi connectivity index (χ3v) is 18.5. The van der Waals surface area contributed by atoms with Crippen LogP contribution in [0, 0.1) is 6.92 Å². The highest BCUT2D eigenvalue weighted by Crippen LogP contribution is 2.67. The molecule has 0 fully saturated rings. The minimum atomic E-state index is -0.503. The lowest BCUT2D eigenvalue weighted by atomic mass is 9.36. The van der Waals surface area contributed by atoms with Gasteiger partial charge in [0.05, 0.1) is 11.1 Å². The molecule has 2 nitrogen and oxygen atoms in total. The average Bonchev–Trinajstić information content (AvgIpc) is 3.73. The fraction of sp³-hybridized carbons (Fsp3) is 0.194. The first kappa shape index (κ1) is 46.8. The van der Waals surface area contributed by atoms with E-state index in [-0.39, 0.29) is 23.0 Å². The van der Waals surface area contributed by atoms with E-state index in [9.17, 15) is 0 Å². The van der Waals surface area contributed by atoms with Gasteiger partial charge in [0.25, 0.3) is 6.71 Å². The van der Waals surface area contributed by atoms with Gasteiger partial charge in [-0.05, 0) is 154 Å². The molecule has 10 aromatic rings. The van der Waals surface area contributed by atoms with Gasteiger partial charge in [-0.2, -0.15) is 0 Å². The number of anilines is 6. The van der Waals surface area contributed by atoms with E-state index >= 15 is 0 Å². The lowest BCUT2D eigenvalue weighted by Crippen LogP contribution is -2.60. The number of nitrogens with zero attached hydrogens (tertiary/aromatic N) is 2. The summed E-state index contributed by atoms with van der Waals surface area (Å²) in [5.41, 5.74) is 29.2. The van der Waals surface area contributed by atoms with E-state index in [1.54, 1.807) is 0 Å². The maximum atomic E-state index is 2.68. The second-order valence-corrected chi connectivity index (χ2v) is 26.0. The second-order valence-electron chi connectivity index (χ2n) is 25.0. The summed E-state index contributed by atoms with van der Waals surface area (Å²) >= 11 is 2.07. The van der Waals surface area contributed by atoms with Crippen molar-refractivity contribution in [1.82, 2.24) is 0 Å². The molecule has 2 aliphatic heterocycles. The molecule has 76 heavy (non-hydrogen) atoms. The van der Waals surface area contributed by atoms with Crippen molar-refractivity contribution in [2.75, 3.05) is 9.80 Å². The van der Waals surface area contributed by atoms with Crippen LogP contribution in [-0.4, -0.2) is 6.71 Å². The van der Waals surface area contributed by atoms with E-state index < -0.39 is 5.41 Å². The van der Waals surface area contributed by atoms with E-state index in [2.05, 4.69) is 291 Å². The van der Waals surface area contributed by atoms with Crippen LogP contribution in [0.2, 0.25) is 0 Å². The van der Waals surface area contributed by atoms with Crippen molar-refractivity contribution >= 4 is 67.9 Å². The van der Waals surface area contributed by atoms with Crippen LogP contribution >= 0.6 is 11.3 Å². The third-order valence-electron chi connectivity index (χ3n) is 17.2. The molecule has 1 spiro atoms. The molecule has 4 aliphatic rings. The summed E-state index contributed by atoms with van der Waals surface area (Å²) in [7, 11) is 0. The highest BCUT2D eigenvalue weighted by atomic mass is 32.1. The normalized spacial score (nSPS) is 14.5. The fourth-order valence-electron chi connectivity index (χ4n) is 13.4. The number of rotatable bonds is 4. The molecule has 14 rings (SSSR count). The fourth-order valence-corrected chi connectivity index (χ4v) is 15.1. The zero-order valence-electron chi connectivity index (χ0n) is 45.4. The summed E-state index contributed by atoms with van der Waals surface area (Å²) < 4.78 is 1.40. The Morgan fingerprint density at radius 3 is 1.49 bits per heavy atom. The third kappa shape index (κ3) is 6.72. The number of fused-ring (bicyclic) bond motifs is 15. The van der Waals surface area contributed by atoms with Crippen LogP contribution in [0.15, 0.2) is 200 Å². The molecule has 1 aromatic heterocycles. The molecule has 4 heteroatoms. The topological polar surface area (TPSA) is 6.48 Å². The highest BCUT2D eigenvalue weighted by Gasteiger charge is 2.57. The summed E-state index contributed by atoms with van der Waals surface area (Å²) in [5, 5.41) is 0. The molecule has 0 N–H and O–H groups in total. The van der Waals surface area contributed by atoms with Crippen molar-refractivity contribution < 1.29 is 0 Å². The summed E-state index contributed by atoms with van der Waals surface area (Å²) in [5.74, 6) is 0. The lowest BCUT2D eigenvalue weighted by Gasteiger charge is -2.44. The second kappa shape index (κ2) is 16.4. The van der Waals surface area contributed by atoms with Gasteiger partial charge in [0, 0.05) is 43.7 Å². The van der Waals surface area contributed by atoms with Gasteiger partial charge in [0.2, 0.25) is 0 Å². The smallest absolute Gasteiger partial charge is 0.264 e. The first-order valence-corrected chi connectivity index (χ1v) is 28.1. The predicted molar refractivity (Wildman–Crippen MR) is 326 cm³/mol. The van der Waals surface area contributed by atoms with E-state index in [1.165, 1.54) is 132 Å². The standard InChI is InChI=1S/C72H63BN2S/c1-44-40-62-65-63(41-44)75(51-36-31-48(32-37-51)70(5,6)7)66-64-56-38-33-49(71(8,9)10)43-59(56)72(57-26-18-16-24-54(57)55-25-17-19-27-58(55)72)67(64)76-68(66)73(65)60-39-28-46(53-23-15-14-22-52(53)45-20-12-11-13-21-45)42-61(60)74(62)50-34-29-47(30-35-50)69(2,3)4/h11-43H,1-10H3. The van der Waals surface area contributed by atoms with Gasteiger partial charge >= 0.3 is 0 Å². The molecule has 0 bridgehead atoms. The van der Waals surface area contributed by atoms with Crippen LogP contribution < -0.4 is 25.5 Å². The van der Waals surface area contributed by atoms with Crippen molar-refractivity contribution in [3.05, 3.63) is 244 Å². The zero-order chi connectivity index (χ0) is 52.2. The Labute approximate surface area is 454 Å². The summed E-state index contributed by atoms with van der Waals surface area (Å²) in [6, 6.07) is 77.2. The molecule has 0 saturated heterocycles. The Bertz CT molecular complexity index is 3960. The molecule has 0 amide bonds. The van der Waals surface area contributed by atoms with Gasteiger partial charge in [-0.1, -0.05) is 220 Å². The molecular weight excluding hydrogens is 936 g/mol. The van der Waals surface area contributed by atoms with Crippen molar-refractivity contribution in [3.8, 4) is 44.5 Å². The molecule has 9 aromatic carbocycles. The minimum absolute atomic E-state index is 0.00929. The first-order valence-electron chi connectivity index (χ1n) is 27.3. The van der Waals surface area contributed by atoms with Gasteiger partial charge in [-0.15, -0.1) is 11.3 Å². The van der Waals surface area contributed by atoms with Gasteiger partial charge < -0.3 is 9.80 Å². The molecule has 3 heterocycles. The zero-order valence-corrected chi connectivity index (χ0v) is 46.2. The monoisotopic (exact) mass is 998 g/mol. The van der Waals surface area contributed by atoms with Gasteiger partial charge in [-0.25, -0.2) is 0 Å². The first-order chi connectivity index (χ1) is 36.5. The quantitative estimate of drug-likeness (QED) is 0.162. The van der Waals surface area contributed by atoms with Crippen LogP contribution in [0.4, 0.5) is 34.1 Å². The van der Waals surface area contributed by atoms with Crippen molar-refractivity contribution in [2.45, 2.75) is 90.9 Å². The minimum Gasteiger partial charge on any atom is -0.311 e. The number of thiophene rings is 1. The maximum Gasteiger partial charge on any atom is 0.264 e. The van der Waals surface area contributed by atoms with Crippen molar-refractivity contribution in [3.63, 3.8) is 0 Å². The number of benzene rings is 9. The molecular formula is C72H63BN2S. The summed E-state index contributed by atoms with van der Waals surface area (Å²) in [4.78, 5) is 6.71. The Hall–Kier alpha value is -7.66. The number of hydrogen-bond donors (Lipinski definition) is 0. The van der Waals surface area contributed by atoms with Gasteiger partial charge in [-0.3, -0.25) is 0 Å². The summed E-state index contributed by atoms with van der Waals surface area (Å²) in [6.07, 6.45) is 0. The molecule has 370 valence electrons. The molecule has 0 unspecified atom stereocenters. The molecule has 2 aliphatic carbocycles. The largest absolute Gasteiger partial charge is 0.311 e. The Morgan fingerprint density at radius 2 is 0.908 bits per heavy atom. The van der Waals surface area contributed by atoms with E-state index in [0.717, 1.165) is 5.69 Å². The average molecular weight is 999 g/mol. The Morgan fingerprint density at radius 1 is 0.408 bits per heavy atom. The van der Waals surface area contributed by atoms with Crippen molar-refractivity contribution in [2.24, 2.45) is 0 Å². The highest BCUT2D eigenvalue weighted by molar-refractivity contribution is 7.30. The Kier molecular flexibility index (Phi) is 10.1. The molecule has 0 atom stereocenters. The summed E-state index contributed by atoms with van der Waals surface area (Å²) in [6.45, 7) is 23.2. The molecule has 0 saturated carbocycles. The van der Waals surface area contributed by atoms with Gasteiger partial charge in [0.15, 0.2) is 0 Å². The molecule has 0 radical (unpaired) electrons. The van der Waals surface area contributed by atoms with E-state index in [1.807, 2.05) is 0 Å². The predicted octanol–water partition coefficient (Wildman–Crippen LogP) is 17.7. The maximum absolute atomic E-state index is 2.68. The van der Waals surface area contributed by atoms with Crippen LogP contribution in [0.1, 0.15) is 106 Å². The van der Waals surface area contributed by atoms with Crippen LogP contribution in [-0.2, 0) is 21.7 Å². The Balaban J connectivity index is 1.11. The number of aryl methyl sites for hydroxylation is 1. The SMILES string of the molecule is Cc1cc2c3c(c1)N(c1ccc(C(C)(C)C)cc1)c1c(sc4c1-c1ccc(C(C)(C)C)cc1C41c4ccccc4-c4ccccc41)B3c1ccc(-c3ccccc3-c3ccccc3)cc1N2c1ccc(C(C)(C)C)cc1. The van der Waals surface area contributed by atoms with Crippen LogP contribution in [0.25, 0.3) is 44.5 Å². The van der Waals surface area contributed by atoms with Gasteiger partial charge in [0.1, 0.15) is 0 Å². The van der Waals surface area contributed by atoms with Crippen molar-refractivity contribution in [1.29, 1.82) is 0 Å².